The monoisotopic (exact) mass is 374 g/mol. The van der Waals surface area contributed by atoms with Gasteiger partial charge in [0, 0.05) is 37.9 Å². The molecule has 3 heterocycles. The van der Waals surface area contributed by atoms with Gasteiger partial charge in [-0.25, -0.2) is 4.79 Å². The highest BCUT2D eigenvalue weighted by Crippen LogP contribution is 2.29. The topological polar surface area (TPSA) is 74.4 Å². The predicted octanol–water partition coefficient (Wildman–Crippen LogP) is 0.667. The first-order chi connectivity index (χ1) is 13.0. The molecular formula is C19H26N4O4. The van der Waals surface area contributed by atoms with Crippen LogP contribution in [0.2, 0.25) is 0 Å². The number of benzene rings is 1. The lowest BCUT2D eigenvalue weighted by Crippen LogP contribution is -2.48. The third-order valence-corrected chi connectivity index (χ3v) is 5.56. The van der Waals surface area contributed by atoms with Gasteiger partial charge in [0.05, 0.1) is 31.8 Å². The molecule has 4 rings (SSSR count). The van der Waals surface area contributed by atoms with Gasteiger partial charge in [0.25, 0.3) is 0 Å². The first-order valence-corrected chi connectivity index (χ1v) is 9.40. The van der Waals surface area contributed by atoms with Crippen LogP contribution >= 0.6 is 0 Å². The fourth-order valence-electron chi connectivity index (χ4n) is 4.01. The molecule has 8 heteroatoms. The number of rotatable bonds is 4. The molecule has 3 unspecified atom stereocenters. The van der Waals surface area contributed by atoms with Gasteiger partial charge < -0.3 is 19.7 Å². The van der Waals surface area contributed by atoms with E-state index < -0.39 is 0 Å². The number of anilines is 2. The number of nitrogens with one attached hydrogen (secondary N) is 1. The van der Waals surface area contributed by atoms with E-state index in [2.05, 4.69) is 22.2 Å². The van der Waals surface area contributed by atoms with Crippen LogP contribution in [0, 0.1) is 0 Å². The lowest BCUT2D eigenvalue weighted by Gasteiger charge is -2.33. The largest absolute Gasteiger partial charge is 0.442 e. The molecule has 0 radical (unpaired) electrons. The summed E-state index contributed by atoms with van der Waals surface area (Å²) in [6, 6.07) is 8.41. The minimum absolute atomic E-state index is 0.130. The molecular weight excluding hydrogens is 348 g/mol. The fourth-order valence-corrected chi connectivity index (χ4v) is 4.01. The van der Waals surface area contributed by atoms with Gasteiger partial charge in [0.15, 0.2) is 0 Å². The average molecular weight is 374 g/mol. The van der Waals surface area contributed by atoms with Crippen molar-refractivity contribution < 1.29 is 19.1 Å². The molecule has 1 aromatic carbocycles. The summed E-state index contributed by atoms with van der Waals surface area (Å²) < 4.78 is 11.2. The number of carbonyl (C=O) groups is 2. The smallest absolute Gasteiger partial charge is 0.414 e. The van der Waals surface area contributed by atoms with Gasteiger partial charge in [-0.1, -0.05) is 0 Å². The van der Waals surface area contributed by atoms with E-state index in [0.29, 0.717) is 19.1 Å². The van der Waals surface area contributed by atoms with Crippen molar-refractivity contribution in [1.82, 2.24) is 10.2 Å². The van der Waals surface area contributed by atoms with Crippen LogP contribution in [0.25, 0.3) is 0 Å². The molecule has 0 aliphatic carbocycles. The van der Waals surface area contributed by atoms with Crippen LogP contribution in [-0.2, 0) is 14.3 Å². The van der Waals surface area contributed by atoms with E-state index in [9.17, 15) is 9.59 Å². The quantitative estimate of drug-likeness (QED) is 0.835. The van der Waals surface area contributed by atoms with Crippen LogP contribution in [0.5, 0.6) is 0 Å². The Morgan fingerprint density at radius 3 is 2.63 bits per heavy atom. The fraction of sp³-hybridized carbons (Fsp3) is 0.579. The summed E-state index contributed by atoms with van der Waals surface area (Å²) in [5.41, 5.74) is 1.94. The molecule has 3 fully saturated rings. The van der Waals surface area contributed by atoms with Crippen molar-refractivity contribution in [3.05, 3.63) is 24.3 Å². The summed E-state index contributed by atoms with van der Waals surface area (Å²) in [6.07, 6.45) is -0.442. The van der Waals surface area contributed by atoms with Crippen molar-refractivity contribution in [3.8, 4) is 0 Å². The highest BCUT2D eigenvalue weighted by atomic mass is 16.6. The van der Waals surface area contributed by atoms with Crippen LogP contribution in [0.3, 0.4) is 0 Å². The molecule has 3 aliphatic rings. The molecule has 0 aromatic heterocycles. The Balaban J connectivity index is 1.39. The van der Waals surface area contributed by atoms with Crippen LogP contribution < -0.4 is 15.1 Å². The van der Waals surface area contributed by atoms with Gasteiger partial charge in [-0.3, -0.25) is 14.6 Å². The van der Waals surface area contributed by atoms with Crippen LogP contribution in [0.15, 0.2) is 24.3 Å². The molecule has 146 valence electrons. The Kier molecular flexibility index (Phi) is 4.92. The summed E-state index contributed by atoms with van der Waals surface area (Å²) >= 11 is 0. The van der Waals surface area contributed by atoms with E-state index in [1.165, 1.54) is 6.92 Å². The predicted molar refractivity (Wildman–Crippen MR) is 101 cm³/mol. The maximum absolute atomic E-state index is 12.1. The molecule has 1 aromatic rings. The normalized spacial score (nSPS) is 28.2. The van der Waals surface area contributed by atoms with E-state index in [0.717, 1.165) is 37.6 Å². The molecule has 2 amide bonds. The van der Waals surface area contributed by atoms with Gasteiger partial charge in [-0.05, 0) is 31.3 Å². The summed E-state index contributed by atoms with van der Waals surface area (Å²) in [7, 11) is 2.16. The number of carbonyl (C=O) groups excluding carboxylic acids is 2. The van der Waals surface area contributed by atoms with E-state index in [1.807, 2.05) is 24.3 Å². The number of hydrogen-bond donors (Lipinski definition) is 1. The van der Waals surface area contributed by atoms with Crippen molar-refractivity contribution in [2.24, 2.45) is 0 Å². The molecule has 0 bridgehead atoms. The number of nitrogens with zero attached hydrogens (tertiary/aromatic N) is 3. The number of ether oxygens (including phenoxy) is 2. The minimum Gasteiger partial charge on any atom is -0.442 e. The second-order valence-electron chi connectivity index (χ2n) is 7.43. The summed E-state index contributed by atoms with van der Waals surface area (Å²) in [6.45, 7) is 5.82. The maximum Gasteiger partial charge on any atom is 0.414 e. The number of morpholine rings is 1. The molecule has 3 saturated heterocycles. The molecule has 0 saturated carbocycles. The third-order valence-electron chi connectivity index (χ3n) is 5.56. The Morgan fingerprint density at radius 1 is 1.19 bits per heavy atom. The summed E-state index contributed by atoms with van der Waals surface area (Å²) in [5.74, 6) is -0.130. The highest BCUT2D eigenvalue weighted by Gasteiger charge is 2.39. The van der Waals surface area contributed by atoms with Gasteiger partial charge in [0.2, 0.25) is 5.91 Å². The van der Waals surface area contributed by atoms with Crippen molar-refractivity contribution in [1.29, 1.82) is 0 Å². The number of hydrogen-bond acceptors (Lipinski definition) is 6. The molecule has 3 atom stereocenters. The molecule has 8 nitrogen and oxygen atoms in total. The third kappa shape index (κ3) is 3.72. The molecule has 27 heavy (non-hydrogen) atoms. The van der Waals surface area contributed by atoms with Gasteiger partial charge in [-0.2, -0.15) is 0 Å². The number of likely N-dealkylation sites (N-methyl/N-ethyl adjacent to an activating group) is 1. The number of fused-ring (bicyclic) bond motifs is 1. The average Bonchev–Trinajstić information content (AvgIpc) is 3.25. The van der Waals surface area contributed by atoms with E-state index in [1.54, 1.807) is 4.90 Å². The van der Waals surface area contributed by atoms with Crippen LogP contribution in [0.1, 0.15) is 6.92 Å². The molecule has 1 N–H and O–H groups in total. The van der Waals surface area contributed by atoms with Gasteiger partial charge >= 0.3 is 6.09 Å². The summed E-state index contributed by atoms with van der Waals surface area (Å²) in [5, 5.41) is 2.69. The van der Waals surface area contributed by atoms with E-state index in [4.69, 9.17) is 9.47 Å². The van der Waals surface area contributed by atoms with Crippen molar-refractivity contribution in [2.45, 2.75) is 25.2 Å². The van der Waals surface area contributed by atoms with Crippen molar-refractivity contribution in [3.63, 3.8) is 0 Å². The lowest BCUT2D eigenvalue weighted by molar-refractivity contribution is -0.119. The van der Waals surface area contributed by atoms with Crippen LogP contribution in [0.4, 0.5) is 16.2 Å². The van der Waals surface area contributed by atoms with Gasteiger partial charge in [0.1, 0.15) is 6.10 Å². The highest BCUT2D eigenvalue weighted by molar-refractivity contribution is 5.90. The SMILES string of the molecule is CC(=O)NCC1CN(c2ccc(N3CC4OCCN(C)C4C3)cc2)C(=O)O1. The zero-order chi connectivity index (χ0) is 19.0. The Labute approximate surface area is 159 Å². The van der Waals surface area contributed by atoms with Crippen molar-refractivity contribution >= 4 is 23.4 Å². The lowest BCUT2D eigenvalue weighted by atomic mass is 10.1. The second-order valence-corrected chi connectivity index (χ2v) is 7.43. The zero-order valence-electron chi connectivity index (χ0n) is 15.8. The first-order valence-electron chi connectivity index (χ1n) is 9.40. The van der Waals surface area contributed by atoms with E-state index >= 15 is 0 Å². The Hall–Kier alpha value is -2.32. The van der Waals surface area contributed by atoms with E-state index in [-0.39, 0.29) is 24.2 Å². The Morgan fingerprint density at radius 2 is 1.93 bits per heavy atom. The number of amides is 2. The van der Waals surface area contributed by atoms with Gasteiger partial charge in [-0.15, -0.1) is 0 Å². The first kappa shape index (κ1) is 18.1. The Bertz CT molecular complexity index is 710. The van der Waals surface area contributed by atoms with Crippen molar-refractivity contribution in [2.75, 3.05) is 56.2 Å². The molecule has 0 spiro atoms. The standard InChI is InChI=1S/C19H26N4O4/c1-13(24)20-9-16-10-23(19(25)27-16)15-5-3-14(4-6-15)22-11-17-18(12-22)26-8-7-21(17)2/h3-6,16-18H,7-12H2,1-2H3,(H,20,24). The van der Waals surface area contributed by atoms with Crippen LogP contribution in [-0.4, -0.2) is 81.5 Å². The summed E-state index contributed by atoms with van der Waals surface area (Å²) in [4.78, 5) is 29.5. The maximum atomic E-state index is 12.1. The molecule has 3 aliphatic heterocycles. The zero-order valence-corrected chi connectivity index (χ0v) is 15.8. The second kappa shape index (κ2) is 7.36. The number of cyclic esters (lactones) is 1. The minimum atomic E-state index is -0.375.